The number of hydrogen-bond donors (Lipinski definition) is 3. The smallest absolute Gasteiger partial charge is 0.462 e. The van der Waals surface area contributed by atoms with E-state index in [9.17, 15) is 43.2 Å². The maximum Gasteiger partial charge on any atom is 0.472 e. The molecule has 0 aromatic carbocycles. The number of phosphoric acid groups is 2. The van der Waals surface area contributed by atoms with Gasteiger partial charge in [-0.2, -0.15) is 0 Å². The summed E-state index contributed by atoms with van der Waals surface area (Å²) in [5.41, 5.74) is 0. The molecule has 0 radical (unpaired) electrons. The van der Waals surface area contributed by atoms with E-state index in [-0.39, 0.29) is 25.7 Å². The van der Waals surface area contributed by atoms with Gasteiger partial charge < -0.3 is 33.8 Å². The zero-order valence-corrected chi connectivity index (χ0v) is 55.1. The van der Waals surface area contributed by atoms with Gasteiger partial charge in [-0.15, -0.1) is 0 Å². The Hall–Kier alpha value is -1.94. The molecule has 0 aliphatic carbocycles. The van der Waals surface area contributed by atoms with Crippen LogP contribution in [0.15, 0.2) is 0 Å². The molecule has 3 N–H and O–H groups in total. The lowest BCUT2D eigenvalue weighted by Crippen LogP contribution is -2.30. The van der Waals surface area contributed by atoms with E-state index in [2.05, 4.69) is 34.6 Å². The first-order valence-corrected chi connectivity index (χ1v) is 36.6. The third-order valence-corrected chi connectivity index (χ3v) is 16.7. The Morgan fingerprint density at radius 2 is 0.554 bits per heavy atom. The standard InChI is InChI=1S/C64H124O17P2/c1-6-9-12-15-16-17-18-19-20-21-22-23-24-25-28-32-35-40-45-50-64(69)81-60(54-75-62(67)48-43-39-34-31-29-26-27-30-33-38-41-46-57(4)5)56-79-83(72,73)77-52-58(65)51-76-82(70,71)78-55-59(80-63(68)49-44-37-14-11-8-3)53-74-61(66)47-42-36-13-10-7-2/h57-60,65H,6-56H2,1-5H3,(H,70,71)(H,72,73)/t58-,59+,60+/m0/s1. The Balaban J connectivity index is 5.07. The Kier molecular flexibility index (Phi) is 56.4. The van der Waals surface area contributed by atoms with Crippen molar-refractivity contribution in [2.24, 2.45) is 5.92 Å². The van der Waals surface area contributed by atoms with E-state index in [1.807, 2.05) is 0 Å². The Morgan fingerprint density at radius 1 is 0.325 bits per heavy atom. The molecule has 5 atom stereocenters. The summed E-state index contributed by atoms with van der Waals surface area (Å²) in [6.45, 7) is 7.02. The summed E-state index contributed by atoms with van der Waals surface area (Å²) in [7, 11) is -9.87. The summed E-state index contributed by atoms with van der Waals surface area (Å²) in [6, 6.07) is 0. The Bertz CT molecular complexity index is 1620. The monoisotopic (exact) mass is 1230 g/mol. The summed E-state index contributed by atoms with van der Waals surface area (Å²) in [4.78, 5) is 71.7. The van der Waals surface area contributed by atoms with Crippen molar-refractivity contribution < 1.29 is 80.2 Å². The summed E-state index contributed by atoms with van der Waals surface area (Å²) in [5.74, 6) is -1.38. The molecule has 0 bridgehead atoms. The zero-order chi connectivity index (χ0) is 61.3. The fraction of sp³-hybridized carbons (Fsp3) is 0.938. The van der Waals surface area contributed by atoms with Crippen LogP contribution in [-0.4, -0.2) is 96.7 Å². The van der Waals surface area contributed by atoms with Crippen LogP contribution in [0.5, 0.6) is 0 Å². The van der Waals surface area contributed by atoms with E-state index in [1.165, 1.54) is 141 Å². The summed E-state index contributed by atoms with van der Waals surface area (Å²) in [5, 5.41) is 10.5. The first-order chi connectivity index (χ1) is 40.0. The van der Waals surface area contributed by atoms with Gasteiger partial charge in [-0.25, -0.2) is 9.13 Å². The largest absolute Gasteiger partial charge is 0.472 e. The van der Waals surface area contributed by atoms with E-state index in [0.717, 1.165) is 102 Å². The van der Waals surface area contributed by atoms with E-state index in [4.69, 9.17) is 37.0 Å². The van der Waals surface area contributed by atoms with Gasteiger partial charge >= 0.3 is 39.5 Å². The topological polar surface area (TPSA) is 237 Å². The quantitative estimate of drug-likeness (QED) is 0.0222. The molecule has 0 saturated carbocycles. The highest BCUT2D eigenvalue weighted by Crippen LogP contribution is 2.45. The van der Waals surface area contributed by atoms with Crippen LogP contribution >= 0.6 is 15.6 Å². The van der Waals surface area contributed by atoms with Crippen molar-refractivity contribution >= 4 is 39.5 Å². The number of rotatable bonds is 64. The molecule has 2 unspecified atom stereocenters. The highest BCUT2D eigenvalue weighted by atomic mass is 31.2. The number of hydrogen-bond acceptors (Lipinski definition) is 15. The maximum absolute atomic E-state index is 13.0. The molecule has 492 valence electrons. The Labute approximate surface area is 505 Å². The zero-order valence-electron chi connectivity index (χ0n) is 53.3. The molecule has 0 aromatic rings. The van der Waals surface area contributed by atoms with Gasteiger partial charge in [0.2, 0.25) is 0 Å². The molecule has 0 spiro atoms. The van der Waals surface area contributed by atoms with E-state index < -0.39 is 97.5 Å². The number of aliphatic hydroxyl groups excluding tert-OH is 1. The van der Waals surface area contributed by atoms with Crippen LogP contribution in [0.1, 0.15) is 324 Å². The van der Waals surface area contributed by atoms with Crippen LogP contribution in [0, 0.1) is 5.92 Å². The number of esters is 4. The molecule has 83 heavy (non-hydrogen) atoms. The van der Waals surface area contributed by atoms with Crippen molar-refractivity contribution in [2.45, 2.75) is 342 Å². The fourth-order valence-corrected chi connectivity index (χ4v) is 11.2. The predicted octanol–water partition coefficient (Wildman–Crippen LogP) is 17.8. The van der Waals surface area contributed by atoms with Crippen molar-refractivity contribution in [3.8, 4) is 0 Å². The van der Waals surface area contributed by atoms with E-state index in [1.54, 1.807) is 0 Å². The lowest BCUT2D eigenvalue weighted by molar-refractivity contribution is -0.161. The van der Waals surface area contributed by atoms with Gasteiger partial charge in [0, 0.05) is 25.7 Å². The number of carbonyl (C=O) groups excluding carboxylic acids is 4. The number of carbonyl (C=O) groups is 4. The van der Waals surface area contributed by atoms with Crippen molar-refractivity contribution in [2.75, 3.05) is 39.6 Å². The molecule has 0 aromatic heterocycles. The van der Waals surface area contributed by atoms with Gasteiger partial charge in [-0.05, 0) is 31.6 Å². The van der Waals surface area contributed by atoms with Crippen LogP contribution in [0.2, 0.25) is 0 Å². The molecular formula is C64H124O17P2. The van der Waals surface area contributed by atoms with E-state index in [0.29, 0.717) is 25.7 Å². The lowest BCUT2D eigenvalue weighted by Gasteiger charge is -2.21. The second-order valence-corrected chi connectivity index (χ2v) is 26.5. The summed E-state index contributed by atoms with van der Waals surface area (Å²) < 4.78 is 67.6. The molecule has 0 aliphatic heterocycles. The molecule has 19 heteroatoms. The molecule has 0 saturated heterocycles. The van der Waals surface area contributed by atoms with Gasteiger partial charge in [0.05, 0.1) is 26.4 Å². The minimum Gasteiger partial charge on any atom is -0.462 e. The minimum absolute atomic E-state index is 0.0989. The molecular weight excluding hydrogens is 1100 g/mol. The number of ether oxygens (including phenoxy) is 4. The SMILES string of the molecule is CCCCCCCCCCCCCCCCCCCCCC(=O)O[C@H](COC(=O)CCCCCCCCCCCCCC(C)C)COP(=O)(O)OC[C@@H](O)COP(=O)(O)OC[C@@H](COC(=O)CCCCCCC)OC(=O)CCCCCCC. The van der Waals surface area contributed by atoms with Gasteiger partial charge in [0.15, 0.2) is 12.2 Å². The molecule has 0 fully saturated rings. The van der Waals surface area contributed by atoms with Crippen molar-refractivity contribution in [1.29, 1.82) is 0 Å². The van der Waals surface area contributed by atoms with Gasteiger partial charge in [-0.1, -0.05) is 272 Å². The first-order valence-electron chi connectivity index (χ1n) is 33.6. The summed E-state index contributed by atoms with van der Waals surface area (Å²) in [6.07, 6.45) is 42.6. The van der Waals surface area contributed by atoms with Crippen LogP contribution in [0.25, 0.3) is 0 Å². The van der Waals surface area contributed by atoms with Crippen molar-refractivity contribution in [1.82, 2.24) is 0 Å². The van der Waals surface area contributed by atoms with E-state index >= 15 is 0 Å². The molecule has 0 rings (SSSR count). The number of unbranched alkanes of at least 4 members (excludes halogenated alkanes) is 36. The minimum atomic E-state index is -4.94. The van der Waals surface area contributed by atoms with Gasteiger partial charge in [0.25, 0.3) is 0 Å². The molecule has 0 amide bonds. The fourth-order valence-electron chi connectivity index (χ4n) is 9.58. The second kappa shape index (κ2) is 57.8. The highest BCUT2D eigenvalue weighted by Gasteiger charge is 2.30. The van der Waals surface area contributed by atoms with Crippen LogP contribution in [-0.2, 0) is 65.4 Å². The second-order valence-electron chi connectivity index (χ2n) is 23.6. The van der Waals surface area contributed by atoms with Gasteiger partial charge in [0.1, 0.15) is 19.3 Å². The Morgan fingerprint density at radius 3 is 0.819 bits per heavy atom. The number of aliphatic hydroxyl groups is 1. The van der Waals surface area contributed by atoms with Crippen LogP contribution < -0.4 is 0 Å². The summed E-state index contributed by atoms with van der Waals surface area (Å²) >= 11 is 0. The average Bonchev–Trinajstić information content (AvgIpc) is 3.46. The predicted molar refractivity (Wildman–Crippen MR) is 331 cm³/mol. The van der Waals surface area contributed by atoms with Crippen molar-refractivity contribution in [3.63, 3.8) is 0 Å². The molecule has 0 aliphatic rings. The number of phosphoric ester groups is 2. The first kappa shape index (κ1) is 81.1. The molecule has 0 heterocycles. The average molecular weight is 1230 g/mol. The third-order valence-electron chi connectivity index (χ3n) is 14.8. The van der Waals surface area contributed by atoms with Crippen molar-refractivity contribution in [3.05, 3.63) is 0 Å². The highest BCUT2D eigenvalue weighted by molar-refractivity contribution is 7.47. The molecule has 17 nitrogen and oxygen atoms in total. The maximum atomic E-state index is 13.0. The van der Waals surface area contributed by atoms with Gasteiger partial charge in [-0.3, -0.25) is 37.3 Å². The normalized spacial score (nSPS) is 14.2. The third kappa shape index (κ3) is 58.8. The van der Waals surface area contributed by atoms with Crippen LogP contribution in [0.4, 0.5) is 0 Å². The van der Waals surface area contributed by atoms with Crippen LogP contribution in [0.3, 0.4) is 0 Å². The lowest BCUT2D eigenvalue weighted by atomic mass is 10.0.